The van der Waals surface area contributed by atoms with Crippen molar-refractivity contribution in [1.82, 2.24) is 4.31 Å². The molecular formula is C10H12NO5S2-. The van der Waals surface area contributed by atoms with Crippen molar-refractivity contribution in [2.75, 3.05) is 26.3 Å². The smallest absolute Gasteiger partial charge is 0.244 e. The lowest BCUT2D eigenvalue weighted by molar-refractivity contribution is 0.0729. The zero-order valence-electron chi connectivity index (χ0n) is 9.44. The standard InChI is InChI=1S/C10H13NO5S2/c12-17(13)9-3-1-2-4-10(9)18(14,15)11-5-7-16-8-6-11/h1-4H,5-8H2,(H,12,13)/p-1. The maximum atomic E-state index is 12.3. The summed E-state index contributed by atoms with van der Waals surface area (Å²) in [6.07, 6.45) is 0. The molecule has 1 unspecified atom stereocenters. The van der Waals surface area contributed by atoms with E-state index in [9.17, 15) is 17.2 Å². The third kappa shape index (κ3) is 2.62. The van der Waals surface area contributed by atoms with Crippen LogP contribution in [0.5, 0.6) is 0 Å². The fourth-order valence-corrected chi connectivity index (χ4v) is 4.15. The molecule has 0 aliphatic carbocycles. The Labute approximate surface area is 108 Å². The highest BCUT2D eigenvalue weighted by atomic mass is 32.2. The number of nitrogens with zero attached hydrogens (tertiary/aromatic N) is 1. The summed E-state index contributed by atoms with van der Waals surface area (Å²) < 4.78 is 53.0. The first-order chi connectivity index (χ1) is 8.53. The van der Waals surface area contributed by atoms with E-state index in [4.69, 9.17) is 4.74 Å². The van der Waals surface area contributed by atoms with Crippen molar-refractivity contribution in [2.45, 2.75) is 9.79 Å². The van der Waals surface area contributed by atoms with Crippen molar-refractivity contribution in [2.24, 2.45) is 0 Å². The van der Waals surface area contributed by atoms with Crippen molar-refractivity contribution in [1.29, 1.82) is 0 Å². The molecule has 0 radical (unpaired) electrons. The number of rotatable bonds is 3. The van der Waals surface area contributed by atoms with Gasteiger partial charge in [-0.1, -0.05) is 12.1 Å². The van der Waals surface area contributed by atoms with Gasteiger partial charge in [0.15, 0.2) is 0 Å². The van der Waals surface area contributed by atoms with Gasteiger partial charge >= 0.3 is 0 Å². The molecule has 8 heteroatoms. The van der Waals surface area contributed by atoms with Gasteiger partial charge in [0.05, 0.1) is 18.1 Å². The Hall–Kier alpha value is -0.800. The second kappa shape index (κ2) is 5.45. The van der Waals surface area contributed by atoms with E-state index in [0.29, 0.717) is 13.2 Å². The third-order valence-electron chi connectivity index (χ3n) is 2.62. The molecule has 1 heterocycles. The molecule has 6 nitrogen and oxygen atoms in total. The van der Waals surface area contributed by atoms with Crippen molar-refractivity contribution >= 4 is 21.1 Å². The van der Waals surface area contributed by atoms with Gasteiger partial charge in [-0.05, 0) is 23.2 Å². The van der Waals surface area contributed by atoms with Gasteiger partial charge in [-0.25, -0.2) is 8.42 Å². The molecule has 0 saturated carbocycles. The molecule has 1 atom stereocenters. The van der Waals surface area contributed by atoms with E-state index in [0.717, 1.165) is 0 Å². The number of ether oxygens (including phenoxy) is 1. The Kier molecular flexibility index (Phi) is 4.13. The summed E-state index contributed by atoms with van der Waals surface area (Å²) in [6.45, 7) is 1.12. The van der Waals surface area contributed by atoms with Crippen LogP contribution in [0, 0.1) is 0 Å². The predicted octanol–water partition coefficient (Wildman–Crippen LogP) is -0.0545. The molecule has 18 heavy (non-hydrogen) atoms. The highest BCUT2D eigenvalue weighted by Crippen LogP contribution is 2.22. The zero-order chi connectivity index (χ0) is 13.2. The Morgan fingerprint density at radius 3 is 2.44 bits per heavy atom. The fraction of sp³-hybridized carbons (Fsp3) is 0.400. The van der Waals surface area contributed by atoms with Crippen molar-refractivity contribution in [3.63, 3.8) is 0 Å². The molecule has 0 amide bonds. The molecule has 0 aromatic heterocycles. The SMILES string of the molecule is O=S([O-])c1ccccc1S(=O)(=O)N1CCOCC1. The quantitative estimate of drug-likeness (QED) is 0.728. The Bertz CT molecular complexity index is 551. The predicted molar refractivity (Wildman–Crippen MR) is 63.2 cm³/mol. The normalized spacial score (nSPS) is 19.6. The summed E-state index contributed by atoms with van der Waals surface area (Å²) in [6, 6.07) is 5.57. The molecule has 1 aliphatic rings. The van der Waals surface area contributed by atoms with E-state index < -0.39 is 21.1 Å². The van der Waals surface area contributed by atoms with Gasteiger partial charge in [-0.3, -0.25) is 4.21 Å². The Morgan fingerprint density at radius 1 is 1.22 bits per heavy atom. The maximum absolute atomic E-state index is 12.3. The molecule has 1 saturated heterocycles. The van der Waals surface area contributed by atoms with E-state index in [1.54, 1.807) is 0 Å². The van der Waals surface area contributed by atoms with Gasteiger partial charge in [0.25, 0.3) is 0 Å². The monoisotopic (exact) mass is 290 g/mol. The second-order valence-corrected chi connectivity index (χ2v) is 6.51. The number of hydrogen-bond donors (Lipinski definition) is 0. The molecule has 1 aliphatic heterocycles. The molecule has 100 valence electrons. The highest BCUT2D eigenvalue weighted by Gasteiger charge is 2.28. The Morgan fingerprint density at radius 2 is 1.83 bits per heavy atom. The van der Waals surface area contributed by atoms with Gasteiger partial charge < -0.3 is 9.29 Å². The van der Waals surface area contributed by atoms with Crippen LogP contribution in [-0.4, -0.2) is 47.8 Å². The molecule has 0 spiro atoms. The summed E-state index contributed by atoms with van der Waals surface area (Å²) in [5.41, 5.74) is 0. The average Bonchev–Trinajstić information content (AvgIpc) is 2.39. The summed E-state index contributed by atoms with van der Waals surface area (Å²) >= 11 is -2.58. The van der Waals surface area contributed by atoms with Crippen LogP contribution in [0.3, 0.4) is 0 Å². The van der Waals surface area contributed by atoms with Gasteiger partial charge in [0.2, 0.25) is 10.0 Å². The van der Waals surface area contributed by atoms with Crippen molar-refractivity contribution in [3.05, 3.63) is 24.3 Å². The van der Waals surface area contributed by atoms with E-state index in [-0.39, 0.29) is 22.9 Å². The van der Waals surface area contributed by atoms with Gasteiger partial charge in [-0.2, -0.15) is 4.31 Å². The van der Waals surface area contributed by atoms with Crippen LogP contribution in [0.1, 0.15) is 0 Å². The number of benzene rings is 1. The third-order valence-corrected chi connectivity index (χ3v) is 5.42. The first-order valence-corrected chi connectivity index (χ1v) is 7.81. The summed E-state index contributed by atoms with van der Waals surface area (Å²) in [7, 11) is -3.78. The van der Waals surface area contributed by atoms with Crippen LogP contribution in [0.2, 0.25) is 0 Å². The molecule has 1 fully saturated rings. The van der Waals surface area contributed by atoms with Gasteiger partial charge in [0, 0.05) is 18.0 Å². The fourth-order valence-electron chi connectivity index (χ4n) is 1.73. The van der Waals surface area contributed by atoms with Crippen LogP contribution in [0.25, 0.3) is 0 Å². The highest BCUT2D eigenvalue weighted by molar-refractivity contribution is 7.90. The van der Waals surface area contributed by atoms with Gasteiger partial charge in [-0.15, -0.1) is 0 Å². The maximum Gasteiger partial charge on any atom is 0.244 e. The van der Waals surface area contributed by atoms with Crippen LogP contribution >= 0.6 is 0 Å². The number of hydrogen-bond acceptors (Lipinski definition) is 5. The molecule has 1 aromatic carbocycles. The summed E-state index contributed by atoms with van der Waals surface area (Å²) in [5, 5.41) is 0. The molecule has 2 rings (SSSR count). The molecule has 0 bridgehead atoms. The second-order valence-electron chi connectivity index (χ2n) is 3.70. The number of sulfonamides is 1. The Balaban J connectivity index is 2.43. The summed E-state index contributed by atoms with van der Waals surface area (Å²) in [5.74, 6) is 0. The van der Waals surface area contributed by atoms with Gasteiger partial charge in [0.1, 0.15) is 0 Å². The van der Waals surface area contributed by atoms with Crippen molar-refractivity contribution < 1.29 is 21.9 Å². The average molecular weight is 290 g/mol. The lowest BCUT2D eigenvalue weighted by atomic mass is 10.4. The van der Waals surface area contributed by atoms with Crippen LogP contribution < -0.4 is 0 Å². The zero-order valence-corrected chi connectivity index (χ0v) is 11.1. The molecule has 1 aromatic rings. The lowest BCUT2D eigenvalue weighted by Gasteiger charge is -2.27. The molecular weight excluding hydrogens is 278 g/mol. The first kappa shape index (κ1) is 13.6. The lowest BCUT2D eigenvalue weighted by Crippen LogP contribution is -2.40. The minimum Gasteiger partial charge on any atom is -0.768 e. The first-order valence-electron chi connectivity index (χ1n) is 5.29. The summed E-state index contributed by atoms with van der Waals surface area (Å²) in [4.78, 5) is -0.385. The minimum atomic E-state index is -3.78. The topological polar surface area (TPSA) is 86.7 Å². The van der Waals surface area contributed by atoms with Crippen molar-refractivity contribution in [3.8, 4) is 0 Å². The van der Waals surface area contributed by atoms with Crippen LogP contribution in [0.4, 0.5) is 0 Å². The van der Waals surface area contributed by atoms with Crippen LogP contribution in [-0.2, 0) is 25.8 Å². The van der Waals surface area contributed by atoms with E-state index >= 15 is 0 Å². The van der Waals surface area contributed by atoms with E-state index in [1.165, 1.54) is 28.6 Å². The molecule has 0 N–H and O–H groups in total. The van der Waals surface area contributed by atoms with E-state index in [2.05, 4.69) is 0 Å². The minimum absolute atomic E-state index is 0.180. The number of morpholine rings is 1. The van der Waals surface area contributed by atoms with Crippen LogP contribution in [0.15, 0.2) is 34.1 Å². The largest absolute Gasteiger partial charge is 0.768 e. The van der Waals surface area contributed by atoms with E-state index in [1.807, 2.05) is 0 Å².